The first-order valence-corrected chi connectivity index (χ1v) is 10.4. The van der Waals surface area contributed by atoms with Crippen molar-refractivity contribution < 1.29 is 74.7 Å². The molecule has 0 amide bonds. The van der Waals surface area contributed by atoms with Crippen LogP contribution >= 0.6 is 0 Å². The molecule has 3 heterocycles. The third-order valence-corrected chi connectivity index (χ3v) is 6.06. The van der Waals surface area contributed by atoms with Crippen molar-refractivity contribution in [1.29, 1.82) is 0 Å². The highest BCUT2D eigenvalue weighted by molar-refractivity contribution is 4.95. The fourth-order valence-corrected chi connectivity index (χ4v) is 3.97. The Hall–Kier alpha value is -0.600. The summed E-state index contributed by atoms with van der Waals surface area (Å²) in [6.07, 6.45) is -24.1. The second-order valence-corrected chi connectivity index (χ2v) is 8.32. The van der Waals surface area contributed by atoms with E-state index in [0.717, 1.165) is 0 Å². The monoisotopic (exact) mass is 488 g/mol. The summed E-state index contributed by atoms with van der Waals surface area (Å²) >= 11 is 0. The van der Waals surface area contributed by atoms with Gasteiger partial charge in [-0.1, -0.05) is 0 Å². The highest BCUT2D eigenvalue weighted by Gasteiger charge is 2.53. The van der Waals surface area contributed by atoms with Gasteiger partial charge in [-0.15, -0.1) is 0 Å². The second kappa shape index (κ2) is 11.0. The maximum absolute atomic E-state index is 10.6. The van der Waals surface area contributed by atoms with Gasteiger partial charge in [-0.2, -0.15) is 0 Å². The Morgan fingerprint density at radius 3 is 1.61 bits per heavy atom. The van der Waals surface area contributed by atoms with Crippen molar-refractivity contribution in [3.05, 3.63) is 0 Å². The zero-order chi connectivity index (χ0) is 24.6. The lowest BCUT2D eigenvalue weighted by Gasteiger charge is -2.48. The summed E-state index contributed by atoms with van der Waals surface area (Å²) in [4.78, 5) is 0. The van der Waals surface area contributed by atoms with Gasteiger partial charge in [-0.25, -0.2) is 0 Å². The number of ether oxygens (including phenoxy) is 5. The van der Waals surface area contributed by atoms with Crippen LogP contribution in [0.4, 0.5) is 0 Å². The molecule has 0 radical (unpaired) electrons. The van der Waals surface area contributed by atoms with Gasteiger partial charge >= 0.3 is 0 Å². The van der Waals surface area contributed by atoms with Gasteiger partial charge in [0, 0.05) is 0 Å². The minimum atomic E-state index is -1.89. The van der Waals surface area contributed by atoms with Crippen molar-refractivity contribution in [3.8, 4) is 0 Å². The molecular formula is C18H32O15. The summed E-state index contributed by atoms with van der Waals surface area (Å²) in [5.74, 6) is 0. The van der Waals surface area contributed by atoms with E-state index in [4.69, 9.17) is 23.7 Å². The van der Waals surface area contributed by atoms with Crippen LogP contribution in [-0.4, -0.2) is 156 Å². The summed E-state index contributed by atoms with van der Waals surface area (Å²) in [5, 5.41) is 100.0. The smallest absolute Gasteiger partial charge is 0.187 e. The average Bonchev–Trinajstić information content (AvgIpc) is 2.79. The van der Waals surface area contributed by atoms with Gasteiger partial charge in [0.05, 0.1) is 19.3 Å². The van der Waals surface area contributed by atoms with Crippen molar-refractivity contribution >= 4 is 0 Å². The Bertz CT molecular complexity index is 624. The Kier molecular flexibility index (Phi) is 8.99. The fraction of sp³-hybridized carbons (Fsp3) is 1.00. The zero-order valence-corrected chi connectivity index (χ0v) is 17.6. The first-order valence-electron chi connectivity index (χ1n) is 10.4. The van der Waals surface area contributed by atoms with E-state index in [1.54, 1.807) is 0 Å². The number of aliphatic hydroxyl groups is 10. The molecule has 3 rings (SSSR count). The Labute approximate surface area is 187 Å². The van der Waals surface area contributed by atoms with Crippen LogP contribution in [0.3, 0.4) is 0 Å². The SMILES string of the molecule is C[C@@H]1O[C@@H](O[C@H]2[C@H](O)[C@@H](CO)O[C@@H](O)[C@@H]2O[C@@H]2O[C@H](CO)[C@H](O)[C@H](O)[C@H]2O)[C@@H](O)[C@H](O)[C@@H]1O. The van der Waals surface area contributed by atoms with E-state index < -0.39 is 105 Å². The molecule has 3 aliphatic heterocycles. The van der Waals surface area contributed by atoms with Crippen LogP contribution in [0.1, 0.15) is 6.92 Å². The standard InChI is InChI=1S/C18H32O15/c1-4-7(21)10(24)12(26)17(29-4)32-14-9(23)6(3-20)30-16(28)15(14)33-18-13(27)11(25)8(22)5(2-19)31-18/h4-28H,2-3H2,1H3/t4-,5+,6+,7+,8-,9+,10+,11-,12-,13+,14-,15+,16+,17-,18-/m0/s1. The molecular weight excluding hydrogens is 456 g/mol. The van der Waals surface area contributed by atoms with Gasteiger partial charge in [0.15, 0.2) is 18.9 Å². The third-order valence-electron chi connectivity index (χ3n) is 6.06. The molecule has 33 heavy (non-hydrogen) atoms. The average molecular weight is 488 g/mol. The van der Waals surface area contributed by atoms with Crippen LogP contribution in [0.5, 0.6) is 0 Å². The molecule has 0 bridgehead atoms. The molecule has 15 atom stereocenters. The van der Waals surface area contributed by atoms with Crippen LogP contribution in [0.15, 0.2) is 0 Å². The Morgan fingerprint density at radius 2 is 1.03 bits per heavy atom. The summed E-state index contributed by atoms with van der Waals surface area (Å²) in [6, 6.07) is 0. The normalized spacial score (nSPS) is 53.7. The summed E-state index contributed by atoms with van der Waals surface area (Å²) in [5.41, 5.74) is 0. The molecule has 0 unspecified atom stereocenters. The molecule has 194 valence electrons. The van der Waals surface area contributed by atoms with E-state index in [1.807, 2.05) is 0 Å². The molecule has 0 saturated carbocycles. The molecule has 3 fully saturated rings. The van der Waals surface area contributed by atoms with E-state index in [1.165, 1.54) is 6.92 Å². The van der Waals surface area contributed by atoms with E-state index in [0.29, 0.717) is 0 Å². The van der Waals surface area contributed by atoms with Gasteiger partial charge in [-0.05, 0) is 6.92 Å². The van der Waals surface area contributed by atoms with Crippen LogP contribution in [0.25, 0.3) is 0 Å². The molecule has 3 saturated heterocycles. The lowest BCUT2D eigenvalue weighted by Crippen LogP contribution is -2.66. The number of hydrogen-bond donors (Lipinski definition) is 10. The van der Waals surface area contributed by atoms with Gasteiger partial charge in [0.1, 0.15) is 67.1 Å². The Balaban J connectivity index is 1.82. The van der Waals surface area contributed by atoms with Crippen molar-refractivity contribution in [2.24, 2.45) is 0 Å². The fourth-order valence-electron chi connectivity index (χ4n) is 3.97. The first-order chi connectivity index (χ1) is 15.5. The largest absolute Gasteiger partial charge is 0.394 e. The summed E-state index contributed by atoms with van der Waals surface area (Å²) in [6.45, 7) is -0.107. The van der Waals surface area contributed by atoms with Gasteiger partial charge in [0.2, 0.25) is 0 Å². The molecule has 0 spiro atoms. The molecule has 0 aromatic carbocycles. The number of rotatable bonds is 6. The first kappa shape index (κ1) is 27.0. The lowest BCUT2D eigenvalue weighted by atomic mass is 9.96. The van der Waals surface area contributed by atoms with Crippen LogP contribution < -0.4 is 0 Å². The summed E-state index contributed by atoms with van der Waals surface area (Å²) < 4.78 is 26.7. The minimum absolute atomic E-state index is 0.746. The summed E-state index contributed by atoms with van der Waals surface area (Å²) in [7, 11) is 0. The maximum Gasteiger partial charge on any atom is 0.187 e. The van der Waals surface area contributed by atoms with Crippen molar-refractivity contribution in [1.82, 2.24) is 0 Å². The molecule has 15 heteroatoms. The molecule has 15 nitrogen and oxygen atoms in total. The van der Waals surface area contributed by atoms with Gasteiger partial charge in [0.25, 0.3) is 0 Å². The van der Waals surface area contributed by atoms with Crippen LogP contribution in [0, 0.1) is 0 Å². The highest BCUT2D eigenvalue weighted by atomic mass is 16.8. The van der Waals surface area contributed by atoms with E-state index in [2.05, 4.69) is 0 Å². The lowest BCUT2D eigenvalue weighted by molar-refractivity contribution is -0.386. The molecule has 0 aromatic rings. The predicted octanol–water partition coefficient (Wildman–Crippen LogP) is -6.55. The van der Waals surface area contributed by atoms with E-state index >= 15 is 0 Å². The minimum Gasteiger partial charge on any atom is -0.394 e. The second-order valence-electron chi connectivity index (χ2n) is 8.32. The predicted molar refractivity (Wildman–Crippen MR) is 99.8 cm³/mol. The number of hydrogen-bond acceptors (Lipinski definition) is 15. The number of aliphatic hydroxyl groups excluding tert-OH is 10. The van der Waals surface area contributed by atoms with E-state index in [9.17, 15) is 51.1 Å². The van der Waals surface area contributed by atoms with Crippen molar-refractivity contribution in [2.75, 3.05) is 13.2 Å². The molecule has 0 aromatic heterocycles. The van der Waals surface area contributed by atoms with Crippen LogP contribution in [-0.2, 0) is 23.7 Å². The van der Waals surface area contributed by atoms with E-state index in [-0.39, 0.29) is 0 Å². The third kappa shape index (κ3) is 5.32. The molecule has 10 N–H and O–H groups in total. The highest BCUT2D eigenvalue weighted by Crippen LogP contribution is 2.32. The topological polar surface area (TPSA) is 248 Å². The Morgan fingerprint density at radius 1 is 0.545 bits per heavy atom. The van der Waals surface area contributed by atoms with Crippen molar-refractivity contribution in [3.63, 3.8) is 0 Å². The molecule has 0 aliphatic carbocycles. The quantitative estimate of drug-likeness (QED) is 0.167. The maximum atomic E-state index is 10.6. The van der Waals surface area contributed by atoms with Gasteiger partial charge < -0.3 is 74.7 Å². The zero-order valence-electron chi connectivity index (χ0n) is 17.6. The van der Waals surface area contributed by atoms with Crippen molar-refractivity contribution in [2.45, 2.75) is 99.0 Å². The van der Waals surface area contributed by atoms with Crippen LogP contribution in [0.2, 0.25) is 0 Å². The van der Waals surface area contributed by atoms with Gasteiger partial charge in [-0.3, -0.25) is 0 Å². The molecule has 3 aliphatic rings.